The molecule has 1 aromatic rings. The molecule has 0 aliphatic heterocycles. The summed E-state index contributed by atoms with van der Waals surface area (Å²) in [5, 5.41) is 8.60. The number of rotatable bonds is 2. The van der Waals surface area contributed by atoms with Gasteiger partial charge in [-0.25, -0.2) is 10.4 Å². The molecule has 0 heterocycles. The van der Waals surface area contributed by atoms with Gasteiger partial charge in [-0.3, -0.25) is 6.08 Å². The number of aliphatic carboxylic acids is 1. The molecule has 1 radical (unpaired) electrons. The number of carbonyl (C=O) groups is 1. The first-order chi connectivity index (χ1) is 10.9. The van der Waals surface area contributed by atoms with Crippen molar-refractivity contribution in [2.75, 3.05) is 0 Å². The van der Waals surface area contributed by atoms with Gasteiger partial charge in [0.2, 0.25) is 0 Å². The van der Waals surface area contributed by atoms with Crippen molar-refractivity contribution in [3.63, 3.8) is 0 Å². The van der Waals surface area contributed by atoms with Crippen LogP contribution in [-0.2, 0) is 48.3 Å². The third-order valence-electron chi connectivity index (χ3n) is 5.09. The van der Waals surface area contributed by atoms with Crippen LogP contribution in [0.4, 0.5) is 0 Å². The molecule has 0 bridgehead atoms. The second kappa shape index (κ2) is 10.6. The van der Waals surface area contributed by atoms with Crippen LogP contribution in [-0.4, -0.2) is 11.1 Å². The fourth-order valence-corrected chi connectivity index (χ4v) is 3.59. The second-order valence-electron chi connectivity index (χ2n) is 7.92. The fraction of sp³-hybridized carbons (Fsp3) is 0.478. The fourth-order valence-electron chi connectivity index (χ4n) is 3.59. The summed E-state index contributed by atoms with van der Waals surface area (Å²) < 4.78 is 0. The Balaban J connectivity index is 0. The van der Waals surface area contributed by atoms with Gasteiger partial charge in [-0.2, -0.15) is 5.57 Å². The maximum absolute atomic E-state index is 10.5. The largest absolute Gasteiger partial charge is 0.479 e. The minimum atomic E-state index is -0.864. The zero-order chi connectivity index (χ0) is 18.7. The standard InChI is InChI=1S/C13H18.C9H13O2.CH3.Y/c1-12(2)9-13(3,4)11-8-6-5-7-10(11)12;1-5-6(2)7(3)8(4)9(10)11;;/h5-8H,9H2,1-4H3;1-4H3,(H,10,11);1H3;/q;2*-1;/b;8-7+;;. The van der Waals surface area contributed by atoms with Gasteiger partial charge in [0.05, 0.1) is 0 Å². The molecule has 1 aromatic carbocycles. The Morgan fingerprint density at radius 3 is 1.65 bits per heavy atom. The topological polar surface area (TPSA) is 37.3 Å². The zero-order valence-electron chi connectivity index (χ0n) is 17.9. The molecule has 2 rings (SSSR count). The molecular formula is C23H34O2Y-2. The van der Waals surface area contributed by atoms with E-state index in [2.05, 4.69) is 58.0 Å². The molecule has 143 valence electrons. The van der Waals surface area contributed by atoms with Gasteiger partial charge in [-0.1, -0.05) is 58.9 Å². The first-order valence-electron chi connectivity index (χ1n) is 8.46. The van der Waals surface area contributed by atoms with Crippen molar-refractivity contribution in [2.24, 2.45) is 0 Å². The van der Waals surface area contributed by atoms with Crippen LogP contribution < -0.4 is 0 Å². The Morgan fingerprint density at radius 1 is 0.962 bits per heavy atom. The van der Waals surface area contributed by atoms with E-state index in [-0.39, 0.29) is 40.1 Å². The number of carboxylic acid groups (broad SMARTS) is 1. The average Bonchev–Trinajstić information content (AvgIpc) is 2.71. The van der Waals surface area contributed by atoms with Crippen LogP contribution >= 0.6 is 0 Å². The molecule has 1 aliphatic rings. The third-order valence-corrected chi connectivity index (χ3v) is 5.09. The number of hydrogen-bond acceptors (Lipinski definition) is 1. The smallest absolute Gasteiger partial charge is 0.313 e. The average molecular weight is 431 g/mol. The normalized spacial score (nSPS) is 17.5. The van der Waals surface area contributed by atoms with E-state index in [4.69, 9.17) is 5.11 Å². The second-order valence-corrected chi connectivity index (χ2v) is 7.92. The van der Waals surface area contributed by atoms with Crippen LogP contribution in [0.1, 0.15) is 72.9 Å². The zero-order valence-corrected chi connectivity index (χ0v) is 20.8. The van der Waals surface area contributed by atoms with E-state index in [1.54, 1.807) is 31.9 Å². The summed E-state index contributed by atoms with van der Waals surface area (Å²) in [5.41, 5.74) is 5.88. The molecule has 3 heteroatoms. The van der Waals surface area contributed by atoms with E-state index in [9.17, 15) is 4.79 Å². The molecule has 0 atom stereocenters. The van der Waals surface area contributed by atoms with Crippen LogP contribution in [0, 0.1) is 13.5 Å². The minimum Gasteiger partial charge on any atom is -0.479 e. The summed E-state index contributed by atoms with van der Waals surface area (Å²) in [7, 11) is 0. The molecule has 0 fully saturated rings. The molecule has 0 unspecified atom stereocenters. The van der Waals surface area contributed by atoms with E-state index in [1.807, 2.05) is 6.92 Å². The van der Waals surface area contributed by atoms with Crippen molar-refractivity contribution in [1.29, 1.82) is 0 Å². The minimum absolute atomic E-state index is 0. The van der Waals surface area contributed by atoms with E-state index < -0.39 is 5.97 Å². The van der Waals surface area contributed by atoms with Crippen LogP contribution in [0.3, 0.4) is 0 Å². The molecule has 26 heavy (non-hydrogen) atoms. The van der Waals surface area contributed by atoms with Gasteiger partial charge in [-0.15, -0.1) is 13.8 Å². The Kier molecular flexibility index (Phi) is 11.2. The van der Waals surface area contributed by atoms with E-state index in [0.717, 1.165) is 11.1 Å². The molecule has 1 aliphatic carbocycles. The van der Waals surface area contributed by atoms with Gasteiger partial charge in [0.15, 0.2) is 0 Å². The Bertz CT molecular complexity index is 646. The summed E-state index contributed by atoms with van der Waals surface area (Å²) >= 11 is 0. The van der Waals surface area contributed by atoms with Crippen molar-refractivity contribution in [2.45, 2.75) is 72.6 Å². The number of hydrogen-bond donors (Lipinski definition) is 1. The molecule has 0 spiro atoms. The van der Waals surface area contributed by atoms with Crippen molar-refractivity contribution in [3.05, 3.63) is 65.6 Å². The Labute approximate surface area is 186 Å². The van der Waals surface area contributed by atoms with Gasteiger partial charge >= 0.3 is 5.97 Å². The summed E-state index contributed by atoms with van der Waals surface area (Å²) in [4.78, 5) is 10.5. The summed E-state index contributed by atoms with van der Waals surface area (Å²) in [6.07, 6.45) is 4.16. The van der Waals surface area contributed by atoms with Gasteiger partial charge < -0.3 is 12.5 Å². The molecular weight excluding hydrogens is 397 g/mol. The van der Waals surface area contributed by atoms with Crippen LogP contribution in [0.25, 0.3) is 0 Å². The number of allylic oxidation sites excluding steroid dienone is 3. The maximum Gasteiger partial charge on any atom is 0.313 e. The van der Waals surface area contributed by atoms with Crippen molar-refractivity contribution in [1.82, 2.24) is 0 Å². The predicted octanol–water partition coefficient (Wildman–Crippen LogP) is 6.27. The van der Waals surface area contributed by atoms with Gasteiger partial charge in [0.1, 0.15) is 0 Å². The molecule has 0 amide bonds. The van der Waals surface area contributed by atoms with Gasteiger partial charge in [0.25, 0.3) is 0 Å². The monoisotopic (exact) mass is 431 g/mol. The SMILES string of the molecule is CC1(C)CC(C)(C)c2ccccc21.C[C-]=C(C)/C(C)=C(\C)C(=O)O.[CH3-].[Y]. The van der Waals surface area contributed by atoms with Crippen molar-refractivity contribution < 1.29 is 42.6 Å². The van der Waals surface area contributed by atoms with Crippen LogP contribution in [0.5, 0.6) is 0 Å². The Morgan fingerprint density at radius 2 is 1.35 bits per heavy atom. The van der Waals surface area contributed by atoms with E-state index in [1.165, 1.54) is 6.42 Å². The van der Waals surface area contributed by atoms with Gasteiger partial charge in [-0.05, 0) is 40.9 Å². The third kappa shape index (κ3) is 6.46. The summed E-state index contributed by atoms with van der Waals surface area (Å²) in [6, 6.07) is 8.87. The van der Waals surface area contributed by atoms with Crippen molar-refractivity contribution >= 4 is 5.97 Å². The summed E-state index contributed by atoms with van der Waals surface area (Å²) in [6.45, 7) is 16.4. The first kappa shape index (κ1) is 27.5. The van der Waals surface area contributed by atoms with Gasteiger partial charge in [0, 0.05) is 32.7 Å². The summed E-state index contributed by atoms with van der Waals surface area (Å²) in [5.74, 6) is -0.864. The molecule has 0 saturated carbocycles. The molecule has 0 aromatic heterocycles. The number of fused-ring (bicyclic) bond motifs is 1. The molecule has 1 N–H and O–H groups in total. The molecule has 2 nitrogen and oxygen atoms in total. The van der Waals surface area contributed by atoms with E-state index in [0.29, 0.717) is 16.4 Å². The maximum atomic E-state index is 10.5. The predicted molar refractivity (Wildman–Crippen MR) is 108 cm³/mol. The van der Waals surface area contributed by atoms with Crippen LogP contribution in [0.2, 0.25) is 0 Å². The number of carboxylic acids is 1. The van der Waals surface area contributed by atoms with Crippen molar-refractivity contribution in [3.8, 4) is 0 Å². The first-order valence-corrected chi connectivity index (χ1v) is 8.46. The quantitative estimate of drug-likeness (QED) is 0.340. The van der Waals surface area contributed by atoms with E-state index >= 15 is 0 Å². The Hall–Kier alpha value is -0.726. The van der Waals surface area contributed by atoms with Crippen LogP contribution in [0.15, 0.2) is 41.0 Å². The number of benzene rings is 1. The molecule has 0 saturated heterocycles.